The molecule has 4 atom stereocenters. The number of aliphatic hydroxyl groups excluding tert-OH is 1. The van der Waals surface area contributed by atoms with Crippen molar-refractivity contribution in [3.63, 3.8) is 0 Å². The third-order valence-corrected chi connectivity index (χ3v) is 2.78. The van der Waals surface area contributed by atoms with Crippen molar-refractivity contribution in [2.75, 3.05) is 13.7 Å². The van der Waals surface area contributed by atoms with Crippen LogP contribution in [0.5, 0.6) is 0 Å². The molecule has 0 unspecified atom stereocenters. The number of methoxy groups -OCH3 is 1. The van der Waals surface area contributed by atoms with Gasteiger partial charge in [-0.1, -0.05) is 0 Å². The summed E-state index contributed by atoms with van der Waals surface area (Å²) >= 11 is 0. The lowest BCUT2D eigenvalue weighted by Gasteiger charge is -2.13. The lowest BCUT2D eigenvalue weighted by atomic mass is 10.0. The molecule has 0 aromatic carbocycles. The zero-order chi connectivity index (χ0) is 7.84. The minimum absolute atomic E-state index is 0.164. The smallest absolute Gasteiger partial charge is 0.0858 e. The second-order valence-corrected chi connectivity index (χ2v) is 3.44. The fourth-order valence-electron chi connectivity index (χ4n) is 2.17. The maximum Gasteiger partial charge on any atom is 0.0858 e. The molecule has 1 saturated carbocycles. The summed E-state index contributed by atoms with van der Waals surface area (Å²) in [5.41, 5.74) is 0. The van der Waals surface area contributed by atoms with Crippen LogP contribution in [0.25, 0.3) is 0 Å². The Morgan fingerprint density at radius 3 is 3.00 bits per heavy atom. The Morgan fingerprint density at radius 1 is 1.45 bits per heavy atom. The van der Waals surface area contributed by atoms with Crippen LogP contribution in [0.15, 0.2) is 0 Å². The molecular formula is C8H14O3. The van der Waals surface area contributed by atoms with Gasteiger partial charge in [-0.3, -0.25) is 0 Å². The molecule has 11 heavy (non-hydrogen) atoms. The highest BCUT2D eigenvalue weighted by molar-refractivity contribution is 4.93. The van der Waals surface area contributed by atoms with E-state index >= 15 is 0 Å². The molecule has 2 fully saturated rings. The molecule has 1 aliphatic carbocycles. The molecule has 0 amide bonds. The summed E-state index contributed by atoms with van der Waals surface area (Å²) in [6, 6.07) is 0. The fraction of sp³-hybridized carbons (Fsp3) is 1.00. The first-order chi connectivity index (χ1) is 5.31. The first-order valence-electron chi connectivity index (χ1n) is 4.13. The van der Waals surface area contributed by atoms with Crippen molar-refractivity contribution in [1.29, 1.82) is 0 Å². The molecule has 0 aromatic rings. The molecule has 64 valence electrons. The van der Waals surface area contributed by atoms with Crippen LogP contribution >= 0.6 is 0 Å². The molecule has 3 nitrogen and oxygen atoms in total. The summed E-state index contributed by atoms with van der Waals surface area (Å²) < 4.78 is 10.7. The summed E-state index contributed by atoms with van der Waals surface area (Å²) in [5.74, 6) is 0.440. The van der Waals surface area contributed by atoms with Crippen LogP contribution in [-0.2, 0) is 9.47 Å². The average Bonchev–Trinajstić information content (AvgIpc) is 2.45. The van der Waals surface area contributed by atoms with E-state index in [0.29, 0.717) is 12.5 Å². The van der Waals surface area contributed by atoms with Crippen LogP contribution in [0.2, 0.25) is 0 Å². The summed E-state index contributed by atoms with van der Waals surface area (Å²) in [7, 11) is 1.71. The minimum Gasteiger partial charge on any atom is -0.393 e. The number of hydrogen-bond donors (Lipinski definition) is 1. The topological polar surface area (TPSA) is 38.7 Å². The number of ether oxygens (including phenoxy) is 2. The van der Waals surface area contributed by atoms with Gasteiger partial charge in [0.2, 0.25) is 0 Å². The lowest BCUT2D eigenvalue weighted by molar-refractivity contribution is 0.0401. The summed E-state index contributed by atoms with van der Waals surface area (Å²) in [6.45, 7) is 0.707. The first kappa shape index (κ1) is 7.53. The molecule has 0 radical (unpaired) electrons. The molecule has 1 aliphatic heterocycles. The zero-order valence-corrected chi connectivity index (χ0v) is 6.69. The van der Waals surface area contributed by atoms with E-state index in [1.54, 1.807) is 7.11 Å². The minimum atomic E-state index is -0.164. The van der Waals surface area contributed by atoms with Crippen molar-refractivity contribution < 1.29 is 14.6 Å². The summed E-state index contributed by atoms with van der Waals surface area (Å²) in [4.78, 5) is 0. The highest BCUT2D eigenvalue weighted by Crippen LogP contribution is 2.37. The maximum absolute atomic E-state index is 9.31. The van der Waals surface area contributed by atoms with E-state index in [9.17, 15) is 5.11 Å². The van der Waals surface area contributed by atoms with Crippen LogP contribution in [0, 0.1) is 5.92 Å². The molecular weight excluding hydrogens is 144 g/mol. The van der Waals surface area contributed by atoms with E-state index in [4.69, 9.17) is 9.47 Å². The molecule has 0 spiro atoms. The molecule has 1 heterocycles. The number of rotatable bonds is 1. The van der Waals surface area contributed by atoms with Crippen molar-refractivity contribution in [1.82, 2.24) is 0 Å². The first-order valence-corrected chi connectivity index (χ1v) is 4.13. The van der Waals surface area contributed by atoms with E-state index in [1.165, 1.54) is 0 Å². The molecule has 1 saturated heterocycles. The Labute approximate surface area is 66.3 Å². The van der Waals surface area contributed by atoms with Gasteiger partial charge >= 0.3 is 0 Å². The number of aliphatic hydroxyl groups is 1. The van der Waals surface area contributed by atoms with Crippen molar-refractivity contribution in [2.45, 2.75) is 31.2 Å². The van der Waals surface area contributed by atoms with Crippen LogP contribution in [0.1, 0.15) is 12.8 Å². The van der Waals surface area contributed by atoms with Crippen LogP contribution < -0.4 is 0 Å². The number of fused-ring (bicyclic) bond motifs is 1. The SMILES string of the molecule is CO[C@@H]1CO[C@@H]2C[C@H](O)C[C@H]12. The molecule has 2 rings (SSSR count). The monoisotopic (exact) mass is 158 g/mol. The number of hydrogen-bond acceptors (Lipinski definition) is 3. The van der Waals surface area contributed by atoms with Crippen molar-refractivity contribution in [3.8, 4) is 0 Å². The predicted molar refractivity (Wildman–Crippen MR) is 39.3 cm³/mol. The fourth-order valence-corrected chi connectivity index (χ4v) is 2.17. The van der Waals surface area contributed by atoms with E-state index < -0.39 is 0 Å². The molecule has 2 aliphatic rings. The van der Waals surface area contributed by atoms with E-state index in [1.807, 2.05) is 0 Å². The van der Waals surface area contributed by atoms with Gasteiger partial charge in [-0.05, 0) is 12.8 Å². The Kier molecular flexibility index (Phi) is 1.87. The zero-order valence-electron chi connectivity index (χ0n) is 6.69. The summed E-state index contributed by atoms with van der Waals surface area (Å²) in [6.07, 6.45) is 1.96. The Morgan fingerprint density at radius 2 is 2.27 bits per heavy atom. The molecule has 3 heteroatoms. The van der Waals surface area contributed by atoms with Gasteiger partial charge in [0, 0.05) is 13.0 Å². The average molecular weight is 158 g/mol. The third kappa shape index (κ3) is 1.17. The highest BCUT2D eigenvalue weighted by atomic mass is 16.5. The van der Waals surface area contributed by atoms with Crippen LogP contribution in [0.4, 0.5) is 0 Å². The Hall–Kier alpha value is -0.120. The highest BCUT2D eigenvalue weighted by Gasteiger charge is 2.44. The second kappa shape index (κ2) is 2.73. The van der Waals surface area contributed by atoms with Gasteiger partial charge in [0.05, 0.1) is 24.9 Å². The molecule has 0 aromatic heterocycles. The predicted octanol–water partition coefficient (Wildman–Crippen LogP) is 0.171. The van der Waals surface area contributed by atoms with Gasteiger partial charge in [0.1, 0.15) is 0 Å². The van der Waals surface area contributed by atoms with Gasteiger partial charge in [-0.25, -0.2) is 0 Å². The van der Waals surface area contributed by atoms with Gasteiger partial charge < -0.3 is 14.6 Å². The Bertz CT molecular complexity index is 146. The van der Waals surface area contributed by atoms with E-state index in [0.717, 1.165) is 12.8 Å². The van der Waals surface area contributed by atoms with Gasteiger partial charge in [-0.15, -0.1) is 0 Å². The quantitative estimate of drug-likeness (QED) is 0.591. The molecule has 0 bridgehead atoms. The largest absolute Gasteiger partial charge is 0.393 e. The van der Waals surface area contributed by atoms with Crippen molar-refractivity contribution >= 4 is 0 Å². The Balaban J connectivity index is 2.01. The van der Waals surface area contributed by atoms with Crippen LogP contribution in [-0.4, -0.2) is 37.1 Å². The van der Waals surface area contributed by atoms with Gasteiger partial charge in [-0.2, -0.15) is 0 Å². The van der Waals surface area contributed by atoms with Crippen LogP contribution in [0.3, 0.4) is 0 Å². The standard InChI is InChI=1S/C8H14O3/c1-10-8-4-11-7-3-5(9)2-6(7)8/h5-9H,2-4H2,1H3/t5-,6+,7-,8-/m1/s1. The normalized spacial score (nSPS) is 49.6. The maximum atomic E-state index is 9.31. The molecule has 1 N–H and O–H groups in total. The van der Waals surface area contributed by atoms with Crippen molar-refractivity contribution in [3.05, 3.63) is 0 Å². The third-order valence-electron chi connectivity index (χ3n) is 2.78. The second-order valence-electron chi connectivity index (χ2n) is 3.44. The summed E-state index contributed by atoms with van der Waals surface area (Å²) in [5, 5.41) is 9.31. The van der Waals surface area contributed by atoms with E-state index in [-0.39, 0.29) is 18.3 Å². The van der Waals surface area contributed by atoms with Crippen molar-refractivity contribution in [2.24, 2.45) is 5.92 Å². The van der Waals surface area contributed by atoms with Gasteiger partial charge in [0.15, 0.2) is 0 Å². The van der Waals surface area contributed by atoms with Gasteiger partial charge in [0.25, 0.3) is 0 Å². The van der Waals surface area contributed by atoms with E-state index in [2.05, 4.69) is 0 Å². The lowest BCUT2D eigenvalue weighted by Crippen LogP contribution is -2.21.